The highest BCUT2D eigenvalue weighted by molar-refractivity contribution is 6.01. The lowest BCUT2D eigenvalue weighted by atomic mass is 10.1. The third-order valence-electron chi connectivity index (χ3n) is 3.42. The average Bonchev–Trinajstić information content (AvgIpc) is 2.60. The van der Waals surface area contributed by atoms with E-state index in [1.165, 1.54) is 4.90 Å². The first kappa shape index (κ1) is 18.3. The van der Waals surface area contributed by atoms with E-state index in [9.17, 15) is 14.4 Å². The fourth-order valence-corrected chi connectivity index (χ4v) is 2.27. The molecule has 0 saturated carbocycles. The summed E-state index contributed by atoms with van der Waals surface area (Å²) in [6, 6.07) is 11.6. The van der Waals surface area contributed by atoms with Crippen LogP contribution < -0.4 is 0 Å². The van der Waals surface area contributed by atoms with Crippen LogP contribution in [0.1, 0.15) is 50.7 Å². The number of amides is 1. The first-order valence-corrected chi connectivity index (χ1v) is 7.89. The van der Waals surface area contributed by atoms with E-state index in [0.717, 1.165) is 0 Å². The second-order valence-corrected chi connectivity index (χ2v) is 5.83. The quantitative estimate of drug-likeness (QED) is 0.597. The van der Waals surface area contributed by atoms with Crippen LogP contribution in [-0.2, 0) is 11.3 Å². The Morgan fingerprint density at radius 2 is 1.88 bits per heavy atom. The zero-order chi connectivity index (χ0) is 18.4. The number of nitrogens with zero attached hydrogens (tertiary/aromatic N) is 2. The van der Waals surface area contributed by atoms with Crippen molar-refractivity contribution in [1.82, 2.24) is 9.88 Å². The van der Waals surface area contributed by atoms with Gasteiger partial charge in [-0.3, -0.25) is 9.59 Å². The van der Waals surface area contributed by atoms with E-state index in [1.807, 2.05) is 0 Å². The van der Waals surface area contributed by atoms with Gasteiger partial charge >= 0.3 is 5.97 Å². The minimum Gasteiger partial charge on any atom is -0.458 e. The highest BCUT2D eigenvalue weighted by Gasteiger charge is 2.17. The molecule has 0 fully saturated rings. The number of benzene rings is 1. The number of pyridine rings is 1. The van der Waals surface area contributed by atoms with E-state index in [2.05, 4.69) is 4.98 Å². The summed E-state index contributed by atoms with van der Waals surface area (Å²) in [5.41, 5.74) is 1.41. The summed E-state index contributed by atoms with van der Waals surface area (Å²) in [5.74, 6) is -0.795. The molecule has 0 N–H and O–H groups in total. The monoisotopic (exact) mass is 340 g/mol. The Balaban J connectivity index is 2.15. The van der Waals surface area contributed by atoms with E-state index < -0.39 is 5.97 Å². The molecule has 1 aromatic heterocycles. The molecule has 25 heavy (non-hydrogen) atoms. The van der Waals surface area contributed by atoms with Crippen LogP contribution in [0.2, 0.25) is 0 Å². The van der Waals surface area contributed by atoms with Crippen molar-refractivity contribution in [2.24, 2.45) is 0 Å². The van der Waals surface area contributed by atoms with Gasteiger partial charge in [0.05, 0.1) is 23.9 Å². The zero-order valence-electron chi connectivity index (χ0n) is 14.4. The summed E-state index contributed by atoms with van der Waals surface area (Å²) >= 11 is 0. The number of carbonyl (C=O) groups is 3. The maximum absolute atomic E-state index is 12.5. The average molecular weight is 340 g/mol. The summed E-state index contributed by atoms with van der Waals surface area (Å²) in [4.78, 5) is 41.2. The molecule has 0 atom stereocenters. The molecule has 0 saturated heterocycles. The Bertz CT molecular complexity index is 786. The van der Waals surface area contributed by atoms with Gasteiger partial charge in [-0.25, -0.2) is 9.78 Å². The molecule has 0 aliphatic heterocycles. The van der Waals surface area contributed by atoms with Gasteiger partial charge in [-0.05, 0) is 32.0 Å². The summed E-state index contributed by atoms with van der Waals surface area (Å²) in [6.45, 7) is 3.73. The van der Waals surface area contributed by atoms with Crippen LogP contribution in [0.4, 0.5) is 0 Å². The first-order valence-electron chi connectivity index (χ1n) is 7.89. The molecule has 0 radical (unpaired) electrons. The molecule has 0 spiro atoms. The lowest BCUT2D eigenvalue weighted by Gasteiger charge is -2.18. The molecular formula is C19H20N2O4. The Hall–Kier alpha value is -3.02. The SMILES string of the molecule is CC(C)OC(=O)c1cccc(CN(C)C(=O)c2ccccc2C=O)n1. The minimum absolute atomic E-state index is 0.195. The molecule has 2 aromatic rings. The standard InChI is InChI=1S/C19H20N2O4/c1-13(2)25-19(24)17-10-6-8-15(20-17)11-21(3)18(23)16-9-5-4-7-14(16)12-22/h4-10,12-13H,11H2,1-3H3. The molecule has 0 aliphatic rings. The second kappa shape index (κ2) is 8.19. The molecule has 1 aromatic carbocycles. The number of esters is 1. The highest BCUT2D eigenvalue weighted by atomic mass is 16.5. The van der Waals surface area contributed by atoms with Crippen LogP contribution >= 0.6 is 0 Å². The number of carbonyl (C=O) groups excluding carboxylic acids is 3. The van der Waals surface area contributed by atoms with Gasteiger partial charge in [0.25, 0.3) is 5.91 Å². The van der Waals surface area contributed by atoms with Gasteiger partial charge in [0.2, 0.25) is 0 Å². The number of aldehydes is 1. The maximum atomic E-state index is 12.5. The van der Waals surface area contributed by atoms with E-state index >= 15 is 0 Å². The van der Waals surface area contributed by atoms with Crippen molar-refractivity contribution in [3.8, 4) is 0 Å². The van der Waals surface area contributed by atoms with Crippen LogP contribution in [0.25, 0.3) is 0 Å². The van der Waals surface area contributed by atoms with Crippen molar-refractivity contribution in [2.45, 2.75) is 26.5 Å². The zero-order valence-corrected chi connectivity index (χ0v) is 14.4. The van der Waals surface area contributed by atoms with Gasteiger partial charge < -0.3 is 9.64 Å². The molecule has 130 valence electrons. The number of ether oxygens (including phenoxy) is 1. The predicted octanol–water partition coefficient (Wildman–Crippen LogP) is 2.73. The largest absolute Gasteiger partial charge is 0.458 e. The highest BCUT2D eigenvalue weighted by Crippen LogP contribution is 2.12. The van der Waals surface area contributed by atoms with Crippen molar-refractivity contribution < 1.29 is 19.1 Å². The van der Waals surface area contributed by atoms with Crippen LogP contribution in [0, 0.1) is 0 Å². The number of aromatic nitrogens is 1. The normalized spacial score (nSPS) is 10.4. The summed E-state index contributed by atoms with van der Waals surface area (Å²) in [6.07, 6.45) is 0.420. The fraction of sp³-hybridized carbons (Fsp3) is 0.263. The van der Waals surface area contributed by atoms with Gasteiger partial charge in [-0.15, -0.1) is 0 Å². The predicted molar refractivity (Wildman–Crippen MR) is 92.4 cm³/mol. The molecule has 0 aliphatic carbocycles. The smallest absolute Gasteiger partial charge is 0.357 e. The summed E-state index contributed by atoms with van der Waals surface area (Å²) in [5, 5.41) is 0. The Morgan fingerprint density at radius 3 is 2.56 bits per heavy atom. The minimum atomic E-state index is -0.503. The van der Waals surface area contributed by atoms with Crippen LogP contribution in [-0.4, -0.2) is 41.2 Å². The molecule has 1 amide bonds. The molecular weight excluding hydrogens is 320 g/mol. The molecule has 0 unspecified atom stereocenters. The number of hydrogen-bond acceptors (Lipinski definition) is 5. The number of hydrogen-bond donors (Lipinski definition) is 0. The van der Waals surface area contributed by atoms with E-state index in [4.69, 9.17) is 4.74 Å². The van der Waals surface area contributed by atoms with E-state index in [-0.39, 0.29) is 24.2 Å². The topological polar surface area (TPSA) is 76.6 Å². The van der Waals surface area contributed by atoms with Gasteiger partial charge in [-0.1, -0.05) is 24.3 Å². The van der Waals surface area contributed by atoms with Crippen LogP contribution in [0.3, 0.4) is 0 Å². The summed E-state index contributed by atoms with van der Waals surface area (Å²) in [7, 11) is 1.62. The van der Waals surface area contributed by atoms with E-state index in [1.54, 1.807) is 63.4 Å². The van der Waals surface area contributed by atoms with Crippen molar-refractivity contribution in [2.75, 3.05) is 7.05 Å². The third-order valence-corrected chi connectivity index (χ3v) is 3.42. The van der Waals surface area contributed by atoms with E-state index in [0.29, 0.717) is 23.1 Å². The molecule has 6 nitrogen and oxygen atoms in total. The summed E-state index contributed by atoms with van der Waals surface area (Å²) < 4.78 is 5.12. The van der Waals surface area contributed by atoms with Crippen LogP contribution in [0.15, 0.2) is 42.5 Å². The molecule has 1 heterocycles. The Morgan fingerprint density at radius 1 is 1.16 bits per heavy atom. The van der Waals surface area contributed by atoms with Gasteiger partial charge in [0.15, 0.2) is 6.29 Å². The Labute approximate surface area is 146 Å². The van der Waals surface area contributed by atoms with Crippen molar-refractivity contribution in [3.63, 3.8) is 0 Å². The van der Waals surface area contributed by atoms with Gasteiger partial charge in [0, 0.05) is 12.6 Å². The first-order chi connectivity index (χ1) is 11.9. The fourth-order valence-electron chi connectivity index (χ4n) is 2.27. The lowest BCUT2D eigenvalue weighted by molar-refractivity contribution is 0.0370. The van der Waals surface area contributed by atoms with Crippen molar-refractivity contribution >= 4 is 18.2 Å². The maximum Gasteiger partial charge on any atom is 0.357 e. The van der Waals surface area contributed by atoms with Gasteiger partial charge in [-0.2, -0.15) is 0 Å². The molecule has 2 rings (SSSR count). The lowest BCUT2D eigenvalue weighted by Crippen LogP contribution is -2.27. The second-order valence-electron chi connectivity index (χ2n) is 5.83. The van der Waals surface area contributed by atoms with Crippen molar-refractivity contribution in [1.29, 1.82) is 0 Å². The van der Waals surface area contributed by atoms with Crippen LogP contribution in [0.5, 0.6) is 0 Å². The van der Waals surface area contributed by atoms with Gasteiger partial charge in [0.1, 0.15) is 5.69 Å². The third kappa shape index (κ3) is 4.73. The molecule has 6 heteroatoms. The Kier molecular flexibility index (Phi) is 6.00. The van der Waals surface area contributed by atoms with Crippen molar-refractivity contribution in [3.05, 3.63) is 65.0 Å². The molecule has 0 bridgehead atoms. The number of rotatable bonds is 6.